The van der Waals surface area contributed by atoms with Crippen LogP contribution in [0, 0.1) is 0 Å². The van der Waals surface area contributed by atoms with Gasteiger partial charge in [0, 0.05) is 45.1 Å². The fraction of sp³-hybridized carbons (Fsp3) is 0.385. The third-order valence-electron chi connectivity index (χ3n) is 3.26. The third kappa shape index (κ3) is 2.85. The fourth-order valence-corrected chi connectivity index (χ4v) is 2.05. The number of anilines is 2. The molecule has 6 heteroatoms. The van der Waals surface area contributed by atoms with Crippen LogP contribution in [-0.2, 0) is 6.54 Å². The molecule has 3 heterocycles. The van der Waals surface area contributed by atoms with Crippen molar-refractivity contribution >= 4 is 11.6 Å². The molecular weight excluding hydrogens is 240 g/mol. The molecule has 0 aliphatic carbocycles. The van der Waals surface area contributed by atoms with Gasteiger partial charge in [0.05, 0.1) is 6.04 Å². The summed E-state index contributed by atoms with van der Waals surface area (Å²) in [5.74, 6) is 1.81. The van der Waals surface area contributed by atoms with E-state index in [9.17, 15) is 0 Å². The molecule has 1 aliphatic rings. The van der Waals surface area contributed by atoms with Gasteiger partial charge >= 0.3 is 0 Å². The first-order chi connectivity index (χ1) is 9.31. The molecule has 0 atom stereocenters. The fourth-order valence-electron chi connectivity index (χ4n) is 2.05. The van der Waals surface area contributed by atoms with Gasteiger partial charge in [-0.25, -0.2) is 9.97 Å². The van der Waals surface area contributed by atoms with Crippen LogP contribution in [0.15, 0.2) is 30.9 Å². The van der Waals surface area contributed by atoms with E-state index < -0.39 is 0 Å². The number of nitrogens with zero attached hydrogens (tertiary/aromatic N) is 3. The molecule has 0 radical (unpaired) electrons. The average molecular weight is 258 g/mol. The Morgan fingerprint density at radius 3 is 3.00 bits per heavy atom. The minimum Gasteiger partial charge on any atom is -0.367 e. The van der Waals surface area contributed by atoms with Crippen LogP contribution in [0.3, 0.4) is 0 Å². The van der Waals surface area contributed by atoms with Crippen LogP contribution in [-0.4, -0.2) is 41.1 Å². The number of aromatic nitrogens is 3. The first-order valence-corrected chi connectivity index (χ1v) is 6.43. The quantitative estimate of drug-likeness (QED) is 0.741. The summed E-state index contributed by atoms with van der Waals surface area (Å²) < 4.78 is 0. The first kappa shape index (κ1) is 12.0. The summed E-state index contributed by atoms with van der Waals surface area (Å²) in [6.45, 7) is 2.82. The highest BCUT2D eigenvalue weighted by Gasteiger charge is 2.16. The molecule has 3 rings (SSSR count). The second kappa shape index (κ2) is 5.27. The second-order valence-electron chi connectivity index (χ2n) is 4.84. The highest BCUT2D eigenvalue weighted by Crippen LogP contribution is 2.16. The SMILES string of the molecule is CN(Cc1cc[nH]c1)c1cc(NC2CNC2)ncn1. The Morgan fingerprint density at radius 2 is 2.32 bits per heavy atom. The van der Waals surface area contributed by atoms with Crippen LogP contribution in [0.5, 0.6) is 0 Å². The molecule has 0 spiro atoms. The maximum atomic E-state index is 4.32. The van der Waals surface area contributed by atoms with E-state index in [0.717, 1.165) is 31.3 Å². The standard InChI is InChI=1S/C13H18N6/c1-19(8-10-2-3-14-5-10)13-4-12(16-9-17-13)18-11-6-15-7-11/h2-5,9,11,14-15H,6-8H2,1H3,(H,16,17,18). The maximum absolute atomic E-state index is 4.32. The Kier molecular flexibility index (Phi) is 3.33. The Labute approximate surface area is 112 Å². The lowest BCUT2D eigenvalue weighted by atomic mass is 10.2. The van der Waals surface area contributed by atoms with Crippen LogP contribution < -0.4 is 15.5 Å². The molecule has 1 aliphatic heterocycles. The van der Waals surface area contributed by atoms with E-state index in [4.69, 9.17) is 0 Å². The zero-order valence-electron chi connectivity index (χ0n) is 10.9. The number of hydrogen-bond acceptors (Lipinski definition) is 5. The number of aromatic amines is 1. The lowest BCUT2D eigenvalue weighted by molar-refractivity contribution is 0.471. The molecule has 1 saturated heterocycles. The molecule has 0 saturated carbocycles. The van der Waals surface area contributed by atoms with Crippen LogP contribution >= 0.6 is 0 Å². The summed E-state index contributed by atoms with van der Waals surface area (Å²) in [7, 11) is 2.03. The molecule has 0 bridgehead atoms. The van der Waals surface area contributed by atoms with Crippen molar-refractivity contribution in [3.05, 3.63) is 36.4 Å². The van der Waals surface area contributed by atoms with Gasteiger partial charge in [-0.3, -0.25) is 0 Å². The molecule has 0 aromatic carbocycles. The minimum atomic E-state index is 0.484. The summed E-state index contributed by atoms with van der Waals surface area (Å²) >= 11 is 0. The van der Waals surface area contributed by atoms with Gasteiger partial charge in [-0.2, -0.15) is 0 Å². The molecule has 6 nitrogen and oxygen atoms in total. The number of H-pyrrole nitrogens is 1. The molecule has 0 amide bonds. The van der Waals surface area contributed by atoms with Crippen LogP contribution in [0.25, 0.3) is 0 Å². The summed E-state index contributed by atoms with van der Waals surface area (Å²) in [5, 5.41) is 6.61. The van der Waals surface area contributed by atoms with E-state index in [2.05, 4.69) is 36.6 Å². The smallest absolute Gasteiger partial charge is 0.134 e. The van der Waals surface area contributed by atoms with E-state index in [-0.39, 0.29) is 0 Å². The Morgan fingerprint density at radius 1 is 1.42 bits per heavy atom. The molecule has 1 fully saturated rings. The van der Waals surface area contributed by atoms with E-state index in [1.165, 1.54) is 5.56 Å². The molecule has 0 unspecified atom stereocenters. The monoisotopic (exact) mass is 258 g/mol. The lowest BCUT2D eigenvalue weighted by Gasteiger charge is -2.28. The van der Waals surface area contributed by atoms with E-state index in [1.54, 1.807) is 6.33 Å². The molecular formula is C13H18N6. The van der Waals surface area contributed by atoms with Crippen molar-refractivity contribution in [2.75, 3.05) is 30.4 Å². The highest BCUT2D eigenvalue weighted by atomic mass is 15.2. The normalized spacial score (nSPS) is 15.0. The van der Waals surface area contributed by atoms with Gasteiger partial charge in [0.25, 0.3) is 0 Å². The third-order valence-corrected chi connectivity index (χ3v) is 3.26. The highest BCUT2D eigenvalue weighted by molar-refractivity contribution is 5.49. The van der Waals surface area contributed by atoms with Crippen molar-refractivity contribution in [1.82, 2.24) is 20.3 Å². The maximum Gasteiger partial charge on any atom is 0.134 e. The van der Waals surface area contributed by atoms with Crippen molar-refractivity contribution in [2.24, 2.45) is 0 Å². The number of rotatable bonds is 5. The van der Waals surface area contributed by atoms with Crippen molar-refractivity contribution < 1.29 is 0 Å². The van der Waals surface area contributed by atoms with E-state index >= 15 is 0 Å². The van der Waals surface area contributed by atoms with Crippen molar-refractivity contribution in [1.29, 1.82) is 0 Å². The van der Waals surface area contributed by atoms with Gasteiger partial charge in [0.2, 0.25) is 0 Å². The summed E-state index contributed by atoms with van der Waals surface area (Å²) in [6.07, 6.45) is 5.54. The minimum absolute atomic E-state index is 0.484. The van der Waals surface area contributed by atoms with Gasteiger partial charge in [-0.15, -0.1) is 0 Å². The lowest BCUT2D eigenvalue weighted by Crippen LogP contribution is -2.51. The Balaban J connectivity index is 1.67. The summed E-state index contributed by atoms with van der Waals surface area (Å²) in [5.41, 5.74) is 1.24. The molecule has 19 heavy (non-hydrogen) atoms. The second-order valence-corrected chi connectivity index (χ2v) is 4.84. The summed E-state index contributed by atoms with van der Waals surface area (Å²) in [4.78, 5) is 13.7. The largest absolute Gasteiger partial charge is 0.367 e. The first-order valence-electron chi connectivity index (χ1n) is 6.43. The Hall–Kier alpha value is -2.08. The van der Waals surface area contributed by atoms with E-state index in [1.807, 2.05) is 25.5 Å². The predicted octanol–water partition coefficient (Wildman–Crippen LogP) is 0.825. The molecule has 100 valence electrons. The topological polar surface area (TPSA) is 68.9 Å². The van der Waals surface area contributed by atoms with Crippen molar-refractivity contribution in [2.45, 2.75) is 12.6 Å². The van der Waals surface area contributed by atoms with E-state index in [0.29, 0.717) is 6.04 Å². The summed E-state index contributed by atoms with van der Waals surface area (Å²) in [6, 6.07) is 4.54. The van der Waals surface area contributed by atoms with Gasteiger partial charge in [0.1, 0.15) is 18.0 Å². The van der Waals surface area contributed by atoms with Gasteiger partial charge in [-0.05, 0) is 11.6 Å². The van der Waals surface area contributed by atoms with Crippen LogP contribution in [0.2, 0.25) is 0 Å². The molecule has 2 aromatic heterocycles. The van der Waals surface area contributed by atoms with Crippen LogP contribution in [0.4, 0.5) is 11.6 Å². The van der Waals surface area contributed by atoms with Gasteiger partial charge < -0.3 is 20.5 Å². The van der Waals surface area contributed by atoms with Crippen LogP contribution in [0.1, 0.15) is 5.56 Å². The zero-order valence-corrected chi connectivity index (χ0v) is 10.9. The number of hydrogen-bond donors (Lipinski definition) is 3. The van der Waals surface area contributed by atoms with Crippen molar-refractivity contribution in [3.8, 4) is 0 Å². The molecule has 2 aromatic rings. The average Bonchev–Trinajstić information content (AvgIpc) is 2.87. The predicted molar refractivity (Wildman–Crippen MR) is 75.2 cm³/mol. The Bertz CT molecular complexity index is 520. The van der Waals surface area contributed by atoms with Gasteiger partial charge in [0.15, 0.2) is 0 Å². The van der Waals surface area contributed by atoms with Crippen molar-refractivity contribution in [3.63, 3.8) is 0 Å². The molecule has 3 N–H and O–H groups in total. The number of nitrogens with one attached hydrogen (secondary N) is 3. The zero-order chi connectivity index (χ0) is 13.1. The van der Waals surface area contributed by atoms with Gasteiger partial charge in [-0.1, -0.05) is 0 Å².